The van der Waals surface area contributed by atoms with Crippen LogP contribution in [0.4, 0.5) is 0 Å². The molecule has 0 saturated carbocycles. The van der Waals surface area contributed by atoms with Gasteiger partial charge >= 0.3 is 0 Å². The van der Waals surface area contributed by atoms with Crippen LogP contribution in [0.1, 0.15) is 24.5 Å². The van der Waals surface area contributed by atoms with Gasteiger partial charge in [0.1, 0.15) is 0 Å². The highest BCUT2D eigenvalue weighted by Crippen LogP contribution is 2.04. The van der Waals surface area contributed by atoms with E-state index in [2.05, 4.69) is 36.5 Å². The van der Waals surface area contributed by atoms with Crippen LogP contribution in [0.3, 0.4) is 0 Å². The van der Waals surface area contributed by atoms with E-state index < -0.39 is 0 Å². The number of aliphatic hydroxyl groups excluding tert-OH is 1. The molecule has 0 aromatic heterocycles. The van der Waals surface area contributed by atoms with E-state index in [4.69, 9.17) is 5.11 Å². The van der Waals surface area contributed by atoms with E-state index in [-0.39, 0.29) is 6.61 Å². The fourth-order valence-electron chi connectivity index (χ4n) is 1.33. The second-order valence-electron chi connectivity index (χ2n) is 3.42. The van der Waals surface area contributed by atoms with E-state index in [0.29, 0.717) is 0 Å². The van der Waals surface area contributed by atoms with Crippen molar-refractivity contribution in [3.63, 3.8) is 0 Å². The van der Waals surface area contributed by atoms with Crippen molar-refractivity contribution in [3.05, 3.63) is 35.4 Å². The largest absolute Gasteiger partial charge is 0.396 e. The molecule has 1 rings (SSSR count). The van der Waals surface area contributed by atoms with Crippen molar-refractivity contribution < 1.29 is 5.11 Å². The zero-order valence-corrected chi connectivity index (χ0v) is 8.79. The average molecular weight is 193 g/mol. The first-order valence-corrected chi connectivity index (χ1v) is 5.26. The molecule has 1 aromatic rings. The summed E-state index contributed by atoms with van der Waals surface area (Å²) in [5.41, 5.74) is 2.68. The smallest absolute Gasteiger partial charge is 0.0443 e. The second-order valence-corrected chi connectivity index (χ2v) is 3.42. The van der Waals surface area contributed by atoms with Gasteiger partial charge in [0.25, 0.3) is 0 Å². The predicted octanol–water partition coefficient (Wildman–Crippen LogP) is 1.72. The van der Waals surface area contributed by atoms with Crippen molar-refractivity contribution in [1.29, 1.82) is 0 Å². The molecule has 78 valence electrons. The summed E-state index contributed by atoms with van der Waals surface area (Å²) < 4.78 is 0. The molecule has 0 aliphatic heterocycles. The maximum absolute atomic E-state index is 8.59. The summed E-state index contributed by atoms with van der Waals surface area (Å²) in [4.78, 5) is 0. The van der Waals surface area contributed by atoms with Crippen molar-refractivity contribution in [2.45, 2.75) is 26.3 Å². The Bertz CT molecular complexity index is 243. The average Bonchev–Trinajstić information content (AvgIpc) is 2.25. The van der Waals surface area contributed by atoms with E-state index in [1.54, 1.807) is 0 Å². The summed E-state index contributed by atoms with van der Waals surface area (Å²) in [5, 5.41) is 11.9. The number of nitrogens with one attached hydrogen (secondary N) is 1. The van der Waals surface area contributed by atoms with Gasteiger partial charge in [0.2, 0.25) is 0 Å². The van der Waals surface area contributed by atoms with Crippen LogP contribution in [-0.4, -0.2) is 18.3 Å². The van der Waals surface area contributed by atoms with Crippen LogP contribution in [0.5, 0.6) is 0 Å². The Balaban J connectivity index is 2.29. The summed E-state index contributed by atoms with van der Waals surface area (Å²) in [6.07, 6.45) is 1.92. The number of rotatable bonds is 6. The summed E-state index contributed by atoms with van der Waals surface area (Å²) >= 11 is 0. The van der Waals surface area contributed by atoms with Crippen molar-refractivity contribution in [2.75, 3.05) is 13.2 Å². The summed E-state index contributed by atoms with van der Waals surface area (Å²) in [5.74, 6) is 0. The molecular weight excluding hydrogens is 174 g/mol. The van der Waals surface area contributed by atoms with Gasteiger partial charge in [0.05, 0.1) is 0 Å². The zero-order chi connectivity index (χ0) is 10.2. The van der Waals surface area contributed by atoms with Gasteiger partial charge in [-0.15, -0.1) is 0 Å². The van der Waals surface area contributed by atoms with Crippen LogP contribution in [0.15, 0.2) is 24.3 Å². The molecule has 0 aliphatic rings. The van der Waals surface area contributed by atoms with Gasteiger partial charge in [0, 0.05) is 13.2 Å². The third-order valence-corrected chi connectivity index (χ3v) is 2.27. The number of aliphatic hydroxyl groups is 1. The van der Waals surface area contributed by atoms with Gasteiger partial charge in [-0.3, -0.25) is 0 Å². The van der Waals surface area contributed by atoms with Crippen LogP contribution in [0, 0.1) is 0 Å². The highest BCUT2D eigenvalue weighted by atomic mass is 16.3. The number of hydrogen-bond acceptors (Lipinski definition) is 2. The Morgan fingerprint density at radius 2 is 1.79 bits per heavy atom. The molecule has 0 saturated heterocycles. The zero-order valence-electron chi connectivity index (χ0n) is 8.79. The predicted molar refractivity (Wildman–Crippen MR) is 59.2 cm³/mol. The minimum atomic E-state index is 0.266. The monoisotopic (exact) mass is 193 g/mol. The Morgan fingerprint density at radius 3 is 2.36 bits per heavy atom. The molecule has 14 heavy (non-hydrogen) atoms. The topological polar surface area (TPSA) is 32.3 Å². The van der Waals surface area contributed by atoms with Gasteiger partial charge in [0.15, 0.2) is 0 Å². The van der Waals surface area contributed by atoms with Crippen LogP contribution < -0.4 is 5.32 Å². The molecule has 0 amide bonds. The van der Waals surface area contributed by atoms with Crippen LogP contribution in [0.2, 0.25) is 0 Å². The van der Waals surface area contributed by atoms with Gasteiger partial charge in [-0.25, -0.2) is 0 Å². The van der Waals surface area contributed by atoms with Crippen molar-refractivity contribution in [2.24, 2.45) is 0 Å². The molecular formula is C12H19NO. The van der Waals surface area contributed by atoms with Gasteiger partial charge in [-0.1, -0.05) is 31.2 Å². The molecule has 0 radical (unpaired) electrons. The Morgan fingerprint density at radius 1 is 1.14 bits per heavy atom. The van der Waals surface area contributed by atoms with Crippen molar-refractivity contribution in [1.82, 2.24) is 5.32 Å². The number of benzene rings is 1. The van der Waals surface area contributed by atoms with Crippen molar-refractivity contribution in [3.8, 4) is 0 Å². The van der Waals surface area contributed by atoms with E-state index in [1.165, 1.54) is 11.1 Å². The number of hydrogen-bond donors (Lipinski definition) is 2. The quantitative estimate of drug-likeness (QED) is 0.674. The Hall–Kier alpha value is -0.860. The molecule has 0 aliphatic carbocycles. The van der Waals surface area contributed by atoms with Gasteiger partial charge in [-0.05, 0) is 30.5 Å². The number of aryl methyl sites for hydroxylation is 1. The summed E-state index contributed by atoms with van der Waals surface area (Å²) in [6, 6.07) is 8.65. The standard InChI is InChI=1S/C12H19NO/c1-2-11-4-6-12(7-5-11)10-13-8-3-9-14/h4-7,13-14H,2-3,8-10H2,1H3. The second kappa shape index (κ2) is 6.57. The molecule has 0 spiro atoms. The fourth-order valence-corrected chi connectivity index (χ4v) is 1.33. The molecule has 0 bridgehead atoms. The molecule has 2 N–H and O–H groups in total. The first-order chi connectivity index (χ1) is 6.86. The minimum Gasteiger partial charge on any atom is -0.396 e. The maximum Gasteiger partial charge on any atom is 0.0443 e. The lowest BCUT2D eigenvalue weighted by molar-refractivity contribution is 0.286. The normalized spacial score (nSPS) is 10.4. The van der Waals surface area contributed by atoms with Gasteiger partial charge < -0.3 is 10.4 Å². The lowest BCUT2D eigenvalue weighted by Crippen LogP contribution is -2.15. The third-order valence-electron chi connectivity index (χ3n) is 2.27. The van der Waals surface area contributed by atoms with E-state index in [1.807, 2.05) is 0 Å². The Kier molecular flexibility index (Phi) is 5.27. The first-order valence-electron chi connectivity index (χ1n) is 5.26. The summed E-state index contributed by atoms with van der Waals surface area (Å²) in [6.45, 7) is 4.20. The third kappa shape index (κ3) is 3.90. The van der Waals surface area contributed by atoms with Crippen LogP contribution in [-0.2, 0) is 13.0 Å². The fraction of sp³-hybridized carbons (Fsp3) is 0.500. The highest BCUT2D eigenvalue weighted by molar-refractivity contribution is 5.22. The molecule has 0 unspecified atom stereocenters. The van der Waals surface area contributed by atoms with E-state index in [9.17, 15) is 0 Å². The van der Waals surface area contributed by atoms with E-state index in [0.717, 1.165) is 25.9 Å². The molecule has 2 heteroatoms. The van der Waals surface area contributed by atoms with Crippen molar-refractivity contribution >= 4 is 0 Å². The van der Waals surface area contributed by atoms with Crippen LogP contribution in [0.25, 0.3) is 0 Å². The molecule has 2 nitrogen and oxygen atoms in total. The molecule has 0 fully saturated rings. The first kappa shape index (κ1) is 11.2. The molecule has 0 atom stereocenters. The maximum atomic E-state index is 8.59. The molecule has 1 aromatic carbocycles. The van der Waals surface area contributed by atoms with Gasteiger partial charge in [-0.2, -0.15) is 0 Å². The van der Waals surface area contributed by atoms with E-state index >= 15 is 0 Å². The lowest BCUT2D eigenvalue weighted by atomic mass is 10.1. The minimum absolute atomic E-state index is 0.266. The summed E-state index contributed by atoms with van der Waals surface area (Å²) in [7, 11) is 0. The Labute approximate surface area is 86.0 Å². The highest BCUT2D eigenvalue weighted by Gasteiger charge is 1.92. The SMILES string of the molecule is CCc1ccc(CNCCCO)cc1. The lowest BCUT2D eigenvalue weighted by Gasteiger charge is -2.04. The van der Waals surface area contributed by atoms with Crippen LogP contribution >= 0.6 is 0 Å². The molecule has 0 heterocycles.